The number of halogens is 1. The molecule has 0 aliphatic heterocycles. The van der Waals surface area contributed by atoms with Crippen molar-refractivity contribution in [2.24, 2.45) is 0 Å². The van der Waals surface area contributed by atoms with Crippen molar-refractivity contribution in [2.75, 3.05) is 18.4 Å². The van der Waals surface area contributed by atoms with Gasteiger partial charge in [0.25, 0.3) is 5.91 Å². The number of hydrogen-bond acceptors (Lipinski definition) is 5. The molecule has 0 fully saturated rings. The Bertz CT molecular complexity index is 1350. The second kappa shape index (κ2) is 11.2. The molecule has 0 aliphatic carbocycles. The predicted octanol–water partition coefficient (Wildman–Crippen LogP) is 4.15. The van der Waals surface area contributed by atoms with Crippen LogP contribution in [0.2, 0.25) is 5.02 Å². The summed E-state index contributed by atoms with van der Waals surface area (Å²) in [5.74, 6) is -0.479. The zero-order valence-electron chi connectivity index (χ0n) is 19.0. The van der Waals surface area contributed by atoms with Crippen molar-refractivity contribution in [3.8, 4) is 11.3 Å². The Hall–Kier alpha value is -3.69. The van der Waals surface area contributed by atoms with E-state index in [9.17, 15) is 14.4 Å². The summed E-state index contributed by atoms with van der Waals surface area (Å²) in [5.41, 5.74) is 3.73. The number of amides is 3. The van der Waals surface area contributed by atoms with Gasteiger partial charge in [0.1, 0.15) is 0 Å². The summed E-state index contributed by atoms with van der Waals surface area (Å²) in [6.07, 6.45) is 2.50. The van der Waals surface area contributed by atoms with Gasteiger partial charge in [-0.2, -0.15) is 0 Å². The Kier molecular flexibility index (Phi) is 7.79. The van der Waals surface area contributed by atoms with Crippen LogP contribution < -0.4 is 16.0 Å². The minimum Gasteiger partial charge on any atom is -0.354 e. The summed E-state index contributed by atoms with van der Waals surface area (Å²) >= 11 is 7.44. The third-order valence-corrected chi connectivity index (χ3v) is 6.39. The van der Waals surface area contributed by atoms with E-state index in [1.165, 1.54) is 11.3 Å². The van der Waals surface area contributed by atoms with Crippen LogP contribution in [0.5, 0.6) is 0 Å². The molecule has 35 heavy (non-hydrogen) atoms. The van der Waals surface area contributed by atoms with Crippen molar-refractivity contribution in [2.45, 2.75) is 19.8 Å². The molecule has 2 aromatic carbocycles. The van der Waals surface area contributed by atoms with Gasteiger partial charge in [0.2, 0.25) is 11.8 Å². The number of imidazole rings is 1. The number of anilines is 1. The van der Waals surface area contributed by atoms with Crippen LogP contribution in [0.1, 0.15) is 29.4 Å². The Morgan fingerprint density at radius 3 is 2.40 bits per heavy atom. The van der Waals surface area contributed by atoms with Gasteiger partial charge in [-0.1, -0.05) is 30.7 Å². The van der Waals surface area contributed by atoms with E-state index in [4.69, 9.17) is 11.6 Å². The second-order valence-corrected chi connectivity index (χ2v) is 9.05. The smallest absolute Gasteiger partial charge is 0.251 e. The monoisotopic (exact) mass is 509 g/mol. The summed E-state index contributed by atoms with van der Waals surface area (Å²) in [6.45, 7) is 2.37. The van der Waals surface area contributed by atoms with E-state index in [2.05, 4.69) is 20.9 Å². The van der Waals surface area contributed by atoms with E-state index in [-0.39, 0.29) is 24.1 Å². The molecule has 4 aromatic rings. The molecule has 0 radical (unpaired) electrons. The SMILES string of the molecule is CCC(=O)Nc1ccc(C(=O)NCCNC(=O)Cc2csc3nc(-c4ccc(Cl)cc4)cn23)cc1. The summed E-state index contributed by atoms with van der Waals surface area (Å²) in [7, 11) is 0. The molecule has 2 aromatic heterocycles. The number of rotatable bonds is 9. The quantitative estimate of drug-likeness (QED) is 0.295. The number of fused-ring (bicyclic) bond motifs is 1. The van der Waals surface area contributed by atoms with Crippen LogP contribution in [-0.4, -0.2) is 40.2 Å². The molecular weight excluding hydrogens is 486 g/mol. The largest absolute Gasteiger partial charge is 0.354 e. The van der Waals surface area contributed by atoms with Gasteiger partial charge < -0.3 is 16.0 Å². The Balaban J connectivity index is 1.24. The van der Waals surface area contributed by atoms with Crippen molar-refractivity contribution in [3.63, 3.8) is 0 Å². The van der Waals surface area contributed by atoms with E-state index in [0.717, 1.165) is 21.9 Å². The molecule has 0 aliphatic rings. The maximum atomic E-state index is 12.4. The molecule has 4 rings (SSSR count). The standard InChI is InChI=1S/C25H24ClN5O3S/c1-2-22(32)29-19-9-5-17(6-10-19)24(34)28-12-11-27-23(33)13-20-15-35-25-30-21(14-31(20)25)16-3-7-18(26)8-4-16/h3-10,14-15H,2,11-13H2,1H3,(H,27,33)(H,28,34)(H,29,32). The van der Waals surface area contributed by atoms with Gasteiger partial charge in [-0.05, 0) is 36.4 Å². The fourth-order valence-corrected chi connectivity index (χ4v) is 4.38. The van der Waals surface area contributed by atoms with Gasteiger partial charge in [-0.3, -0.25) is 18.8 Å². The maximum Gasteiger partial charge on any atom is 0.251 e. The van der Waals surface area contributed by atoms with Crippen LogP contribution in [0.15, 0.2) is 60.1 Å². The Labute approximate surface area is 211 Å². The lowest BCUT2D eigenvalue weighted by Crippen LogP contribution is -2.35. The van der Waals surface area contributed by atoms with E-state index in [1.807, 2.05) is 40.2 Å². The molecule has 180 valence electrons. The number of benzene rings is 2. The van der Waals surface area contributed by atoms with Gasteiger partial charge in [0.05, 0.1) is 12.1 Å². The number of carbonyl (C=O) groups is 3. The highest BCUT2D eigenvalue weighted by molar-refractivity contribution is 7.15. The first-order valence-electron chi connectivity index (χ1n) is 11.1. The first kappa shape index (κ1) is 24.4. The lowest BCUT2D eigenvalue weighted by atomic mass is 10.2. The van der Waals surface area contributed by atoms with Crippen molar-refractivity contribution in [1.82, 2.24) is 20.0 Å². The van der Waals surface area contributed by atoms with Gasteiger partial charge in [-0.25, -0.2) is 4.98 Å². The first-order chi connectivity index (χ1) is 16.9. The fourth-order valence-electron chi connectivity index (χ4n) is 3.38. The molecular formula is C25H24ClN5O3S. The molecule has 0 saturated heterocycles. The normalized spacial score (nSPS) is 10.8. The number of hydrogen-bond donors (Lipinski definition) is 3. The van der Waals surface area contributed by atoms with E-state index in [1.54, 1.807) is 31.2 Å². The Morgan fingerprint density at radius 2 is 1.69 bits per heavy atom. The predicted molar refractivity (Wildman–Crippen MR) is 138 cm³/mol. The zero-order chi connectivity index (χ0) is 24.8. The summed E-state index contributed by atoms with van der Waals surface area (Å²) in [6, 6.07) is 14.1. The van der Waals surface area contributed by atoms with Crippen LogP contribution in [0.4, 0.5) is 5.69 Å². The molecule has 0 atom stereocenters. The van der Waals surface area contributed by atoms with Gasteiger partial charge in [0, 0.05) is 58.6 Å². The summed E-state index contributed by atoms with van der Waals surface area (Å²) in [4.78, 5) is 41.6. The lowest BCUT2D eigenvalue weighted by molar-refractivity contribution is -0.120. The molecule has 0 saturated carbocycles. The highest BCUT2D eigenvalue weighted by Gasteiger charge is 2.13. The number of nitrogens with zero attached hydrogens (tertiary/aromatic N) is 2. The van der Waals surface area contributed by atoms with Crippen LogP contribution in [0.3, 0.4) is 0 Å². The van der Waals surface area contributed by atoms with E-state index in [0.29, 0.717) is 35.8 Å². The molecule has 8 nitrogen and oxygen atoms in total. The average molecular weight is 510 g/mol. The van der Waals surface area contributed by atoms with Crippen molar-refractivity contribution < 1.29 is 14.4 Å². The number of aromatic nitrogens is 2. The molecule has 0 spiro atoms. The van der Waals surface area contributed by atoms with E-state index >= 15 is 0 Å². The second-order valence-electron chi connectivity index (χ2n) is 7.77. The zero-order valence-corrected chi connectivity index (χ0v) is 20.6. The van der Waals surface area contributed by atoms with Crippen LogP contribution >= 0.6 is 22.9 Å². The number of thiazole rings is 1. The third kappa shape index (κ3) is 6.26. The highest BCUT2D eigenvalue weighted by atomic mass is 35.5. The maximum absolute atomic E-state index is 12.4. The van der Waals surface area contributed by atoms with Gasteiger partial charge in [0.15, 0.2) is 4.96 Å². The minimum atomic E-state index is -0.250. The first-order valence-corrected chi connectivity index (χ1v) is 12.3. The average Bonchev–Trinajstić information content (AvgIpc) is 3.44. The highest BCUT2D eigenvalue weighted by Crippen LogP contribution is 2.25. The number of carbonyl (C=O) groups excluding carboxylic acids is 3. The molecule has 3 N–H and O–H groups in total. The van der Waals surface area contributed by atoms with Gasteiger partial charge >= 0.3 is 0 Å². The van der Waals surface area contributed by atoms with Crippen molar-refractivity contribution in [3.05, 3.63) is 76.4 Å². The topological polar surface area (TPSA) is 105 Å². The van der Waals surface area contributed by atoms with Crippen molar-refractivity contribution >= 4 is 51.3 Å². The molecule has 2 heterocycles. The molecule has 10 heteroatoms. The summed E-state index contributed by atoms with van der Waals surface area (Å²) in [5, 5.41) is 10.9. The molecule has 3 amide bonds. The van der Waals surface area contributed by atoms with Crippen LogP contribution in [0, 0.1) is 0 Å². The summed E-state index contributed by atoms with van der Waals surface area (Å²) < 4.78 is 1.92. The van der Waals surface area contributed by atoms with E-state index < -0.39 is 0 Å². The lowest BCUT2D eigenvalue weighted by Gasteiger charge is -2.08. The minimum absolute atomic E-state index is 0.0869. The van der Waals surface area contributed by atoms with Crippen molar-refractivity contribution in [1.29, 1.82) is 0 Å². The molecule has 0 unspecified atom stereocenters. The number of nitrogens with one attached hydrogen (secondary N) is 3. The van der Waals surface area contributed by atoms with Crippen LogP contribution in [0.25, 0.3) is 16.2 Å². The molecule has 0 bridgehead atoms. The van der Waals surface area contributed by atoms with Crippen LogP contribution in [-0.2, 0) is 16.0 Å². The van der Waals surface area contributed by atoms with Gasteiger partial charge in [-0.15, -0.1) is 11.3 Å². The fraction of sp³-hybridized carbons (Fsp3) is 0.200. The third-order valence-electron chi connectivity index (χ3n) is 5.25. The Morgan fingerprint density at radius 1 is 0.971 bits per heavy atom.